The van der Waals surface area contributed by atoms with Crippen LogP contribution in [0.5, 0.6) is 0 Å². The molecule has 0 aromatic heterocycles. The predicted molar refractivity (Wildman–Crippen MR) is 118 cm³/mol. The molecule has 0 spiro atoms. The van der Waals surface area contributed by atoms with Crippen molar-refractivity contribution in [3.05, 3.63) is 58.1 Å². The molecule has 0 aliphatic carbocycles. The Labute approximate surface area is 181 Å². The third-order valence-corrected chi connectivity index (χ3v) is 7.81. The molecule has 1 N–H and O–H groups in total. The van der Waals surface area contributed by atoms with Crippen LogP contribution in [0.25, 0.3) is 0 Å². The van der Waals surface area contributed by atoms with Gasteiger partial charge in [0.25, 0.3) is 0 Å². The maximum Gasteiger partial charge on any atom is 0.243 e. The van der Waals surface area contributed by atoms with Crippen molar-refractivity contribution in [3.8, 4) is 0 Å². The van der Waals surface area contributed by atoms with E-state index in [1.54, 1.807) is 24.3 Å². The largest absolute Gasteiger partial charge is 0.324 e. The maximum absolute atomic E-state index is 12.8. The quantitative estimate of drug-likeness (QED) is 0.713. The Kier molecular flexibility index (Phi) is 6.78. The van der Waals surface area contributed by atoms with E-state index in [4.69, 9.17) is 0 Å². The van der Waals surface area contributed by atoms with Crippen LogP contribution in [-0.4, -0.2) is 55.8 Å². The van der Waals surface area contributed by atoms with E-state index < -0.39 is 10.0 Å². The number of rotatable bonds is 5. The van der Waals surface area contributed by atoms with Crippen molar-refractivity contribution in [3.63, 3.8) is 0 Å². The molecule has 0 bridgehead atoms. The van der Waals surface area contributed by atoms with Crippen LogP contribution in [0.3, 0.4) is 0 Å². The molecule has 2 aromatic rings. The summed E-state index contributed by atoms with van der Waals surface area (Å²) in [7, 11) is -3.51. The van der Waals surface area contributed by atoms with Crippen molar-refractivity contribution < 1.29 is 13.2 Å². The molecule has 1 aliphatic rings. The highest BCUT2D eigenvalue weighted by Crippen LogP contribution is 2.24. The first-order valence-electron chi connectivity index (χ1n) is 9.56. The molecule has 156 valence electrons. The minimum Gasteiger partial charge on any atom is -0.324 e. The normalized spacial score (nSPS) is 17.1. The van der Waals surface area contributed by atoms with Gasteiger partial charge in [-0.15, -0.1) is 0 Å². The van der Waals surface area contributed by atoms with E-state index in [2.05, 4.69) is 21.2 Å². The molecular weight excluding hydrogens is 454 g/mol. The number of carbonyl (C=O) groups excluding carboxylic acids is 1. The lowest BCUT2D eigenvalue weighted by Gasteiger charge is -2.36. The Bertz CT molecular complexity index is 985. The van der Waals surface area contributed by atoms with E-state index in [-0.39, 0.29) is 11.9 Å². The lowest BCUT2D eigenvalue weighted by molar-refractivity contribution is -0.121. The Morgan fingerprint density at radius 1 is 1.00 bits per heavy atom. The molecule has 29 heavy (non-hydrogen) atoms. The van der Waals surface area contributed by atoms with Crippen LogP contribution in [0.4, 0.5) is 5.69 Å². The molecule has 6 nitrogen and oxygen atoms in total. The average Bonchev–Trinajstić information content (AvgIpc) is 2.70. The van der Waals surface area contributed by atoms with Gasteiger partial charge in [-0.1, -0.05) is 23.8 Å². The summed E-state index contributed by atoms with van der Waals surface area (Å²) >= 11 is 3.48. The Balaban J connectivity index is 1.60. The second-order valence-corrected chi connectivity index (χ2v) is 10.2. The highest BCUT2D eigenvalue weighted by molar-refractivity contribution is 9.10. The molecule has 1 unspecified atom stereocenters. The second-order valence-electron chi connectivity index (χ2n) is 7.40. The standard InChI is InChI=1S/C21H26BrN3O3S/c1-15-4-7-18(8-5-15)29(27,28)25-12-10-24(11-13-25)17(3)21(26)23-20-9-6-16(2)14-19(20)22/h4-9,14,17H,10-13H2,1-3H3,(H,23,26). The van der Waals surface area contributed by atoms with E-state index in [1.165, 1.54) is 4.31 Å². The zero-order valence-electron chi connectivity index (χ0n) is 16.9. The van der Waals surface area contributed by atoms with Gasteiger partial charge in [0.15, 0.2) is 0 Å². The molecule has 1 atom stereocenters. The monoisotopic (exact) mass is 479 g/mol. The summed E-state index contributed by atoms with van der Waals surface area (Å²) in [4.78, 5) is 15.0. The van der Waals surface area contributed by atoms with Crippen LogP contribution < -0.4 is 5.32 Å². The van der Waals surface area contributed by atoms with E-state index in [0.717, 1.165) is 21.3 Å². The van der Waals surface area contributed by atoms with Gasteiger partial charge in [0, 0.05) is 30.7 Å². The molecule has 1 saturated heterocycles. The first-order valence-corrected chi connectivity index (χ1v) is 11.8. The van der Waals surface area contributed by atoms with Crippen LogP contribution in [-0.2, 0) is 14.8 Å². The summed E-state index contributed by atoms with van der Waals surface area (Å²) < 4.78 is 28.0. The van der Waals surface area contributed by atoms with Gasteiger partial charge in [0.05, 0.1) is 16.6 Å². The molecule has 0 saturated carbocycles. The number of benzene rings is 2. The van der Waals surface area contributed by atoms with Gasteiger partial charge >= 0.3 is 0 Å². The van der Waals surface area contributed by atoms with E-state index in [9.17, 15) is 13.2 Å². The molecule has 1 fully saturated rings. The van der Waals surface area contributed by atoms with Crippen molar-refractivity contribution in [2.45, 2.75) is 31.7 Å². The van der Waals surface area contributed by atoms with Crippen molar-refractivity contribution in [1.82, 2.24) is 9.21 Å². The number of sulfonamides is 1. The summed E-state index contributed by atoms with van der Waals surface area (Å²) in [6, 6.07) is 12.3. The van der Waals surface area contributed by atoms with Crippen molar-refractivity contribution in [1.29, 1.82) is 0 Å². The number of halogens is 1. The van der Waals surface area contributed by atoms with Crippen LogP contribution >= 0.6 is 15.9 Å². The molecular formula is C21H26BrN3O3S. The fourth-order valence-electron chi connectivity index (χ4n) is 3.32. The number of carbonyl (C=O) groups is 1. The highest BCUT2D eigenvalue weighted by Gasteiger charge is 2.31. The Morgan fingerprint density at radius 2 is 1.59 bits per heavy atom. The van der Waals surface area contributed by atoms with E-state index in [1.807, 2.05) is 43.9 Å². The first-order chi connectivity index (χ1) is 13.7. The summed E-state index contributed by atoms with van der Waals surface area (Å²) in [6.07, 6.45) is 0. The number of anilines is 1. The number of hydrogen-bond donors (Lipinski definition) is 1. The third kappa shape index (κ3) is 5.06. The smallest absolute Gasteiger partial charge is 0.243 e. The van der Waals surface area contributed by atoms with Gasteiger partial charge < -0.3 is 5.32 Å². The summed E-state index contributed by atoms with van der Waals surface area (Å²) in [6.45, 7) is 7.51. The van der Waals surface area contributed by atoms with Crippen LogP contribution in [0.1, 0.15) is 18.1 Å². The number of piperazine rings is 1. The minimum absolute atomic E-state index is 0.107. The van der Waals surface area contributed by atoms with Crippen LogP contribution in [0.15, 0.2) is 51.8 Å². The topological polar surface area (TPSA) is 69.7 Å². The van der Waals surface area contributed by atoms with Crippen molar-refractivity contribution >= 4 is 37.5 Å². The molecule has 3 rings (SSSR count). The molecule has 2 aromatic carbocycles. The van der Waals surface area contributed by atoms with Gasteiger partial charge in [-0.3, -0.25) is 9.69 Å². The molecule has 8 heteroatoms. The highest BCUT2D eigenvalue weighted by atomic mass is 79.9. The van der Waals surface area contributed by atoms with Gasteiger partial charge in [0.2, 0.25) is 15.9 Å². The van der Waals surface area contributed by atoms with Gasteiger partial charge in [-0.2, -0.15) is 4.31 Å². The number of aryl methyl sites for hydroxylation is 2. The Hall–Kier alpha value is -1.74. The number of nitrogens with zero attached hydrogens (tertiary/aromatic N) is 2. The average molecular weight is 480 g/mol. The van der Waals surface area contributed by atoms with E-state index in [0.29, 0.717) is 31.1 Å². The number of nitrogens with one attached hydrogen (secondary N) is 1. The number of amides is 1. The van der Waals surface area contributed by atoms with Gasteiger partial charge in [0.1, 0.15) is 0 Å². The van der Waals surface area contributed by atoms with Gasteiger partial charge in [-0.05, 0) is 66.5 Å². The van der Waals surface area contributed by atoms with Crippen LogP contribution in [0.2, 0.25) is 0 Å². The zero-order valence-corrected chi connectivity index (χ0v) is 19.3. The van der Waals surface area contributed by atoms with E-state index >= 15 is 0 Å². The minimum atomic E-state index is -3.51. The summed E-state index contributed by atoms with van der Waals surface area (Å²) in [5, 5.41) is 2.95. The number of hydrogen-bond acceptors (Lipinski definition) is 4. The fourth-order valence-corrected chi connectivity index (χ4v) is 5.33. The lowest BCUT2D eigenvalue weighted by atomic mass is 10.2. The molecule has 1 amide bonds. The molecule has 1 heterocycles. The third-order valence-electron chi connectivity index (χ3n) is 5.24. The summed E-state index contributed by atoms with van der Waals surface area (Å²) in [5.41, 5.74) is 2.86. The molecule has 0 radical (unpaired) electrons. The summed E-state index contributed by atoms with van der Waals surface area (Å²) in [5.74, 6) is -0.107. The Morgan fingerprint density at radius 3 is 2.17 bits per heavy atom. The fraction of sp³-hybridized carbons (Fsp3) is 0.381. The van der Waals surface area contributed by atoms with Crippen molar-refractivity contribution in [2.24, 2.45) is 0 Å². The predicted octanol–water partition coefficient (Wildman–Crippen LogP) is 3.40. The van der Waals surface area contributed by atoms with Crippen molar-refractivity contribution in [2.75, 3.05) is 31.5 Å². The lowest BCUT2D eigenvalue weighted by Crippen LogP contribution is -2.53. The molecule has 1 aliphatic heterocycles. The second kappa shape index (κ2) is 8.95. The maximum atomic E-state index is 12.8. The van der Waals surface area contributed by atoms with Gasteiger partial charge in [-0.25, -0.2) is 8.42 Å². The SMILES string of the molecule is Cc1ccc(S(=O)(=O)N2CCN(C(C)C(=O)Nc3ccc(C)cc3Br)CC2)cc1. The first kappa shape index (κ1) is 22.0. The van der Waals surface area contributed by atoms with Crippen LogP contribution in [0, 0.1) is 13.8 Å². The zero-order chi connectivity index (χ0) is 21.2.